The second kappa shape index (κ2) is 7.07. The zero-order valence-electron chi connectivity index (χ0n) is 17.4. The Hall–Kier alpha value is -2.52. The summed E-state index contributed by atoms with van der Waals surface area (Å²) in [6, 6.07) is -0.520. The van der Waals surface area contributed by atoms with E-state index in [0.29, 0.717) is 13.1 Å². The number of nitrogens with one attached hydrogen (secondary N) is 1. The first-order valence-corrected chi connectivity index (χ1v) is 9.46. The standard InChI is InChI=1S/C19H26F3N5O2/c1-10-8-27(17(28)29-18(4,5)6)11(2)7-26(10)16-13-14(19(20,21)22)12(3)25-15(13)23-9-24-16/h9-11H,7-8H2,1-6H3,(H,23,24,25)/t10?,11-/m0/s1. The molecule has 0 spiro atoms. The average molecular weight is 413 g/mol. The van der Waals surface area contributed by atoms with Crippen LogP contribution in [0.1, 0.15) is 45.9 Å². The van der Waals surface area contributed by atoms with Gasteiger partial charge in [0.1, 0.15) is 23.4 Å². The molecule has 29 heavy (non-hydrogen) atoms. The van der Waals surface area contributed by atoms with Gasteiger partial charge in [-0.05, 0) is 41.5 Å². The number of halogens is 3. The number of hydrogen-bond donors (Lipinski definition) is 1. The van der Waals surface area contributed by atoms with Gasteiger partial charge in [0.25, 0.3) is 0 Å². The molecule has 1 aliphatic heterocycles. The maximum Gasteiger partial charge on any atom is 0.418 e. The molecular weight excluding hydrogens is 387 g/mol. The van der Waals surface area contributed by atoms with Crippen molar-refractivity contribution < 1.29 is 22.7 Å². The molecule has 0 aliphatic carbocycles. The van der Waals surface area contributed by atoms with Gasteiger partial charge in [-0.3, -0.25) is 0 Å². The molecule has 7 nitrogen and oxygen atoms in total. The van der Waals surface area contributed by atoms with Crippen molar-refractivity contribution in [2.75, 3.05) is 18.0 Å². The number of piperazine rings is 1. The van der Waals surface area contributed by atoms with Crippen LogP contribution in [0.5, 0.6) is 0 Å². The Labute approximate surface area is 167 Å². The third kappa shape index (κ3) is 4.11. The number of H-pyrrole nitrogens is 1. The number of aromatic nitrogens is 3. The van der Waals surface area contributed by atoms with Crippen LogP contribution >= 0.6 is 0 Å². The minimum absolute atomic E-state index is 0.00217. The Morgan fingerprint density at radius 2 is 1.83 bits per heavy atom. The van der Waals surface area contributed by atoms with Crippen LogP contribution in [0.2, 0.25) is 0 Å². The number of nitrogens with zero attached hydrogens (tertiary/aromatic N) is 4. The number of aryl methyl sites for hydroxylation is 1. The lowest BCUT2D eigenvalue weighted by Gasteiger charge is -2.44. The molecule has 1 unspecified atom stereocenters. The summed E-state index contributed by atoms with van der Waals surface area (Å²) >= 11 is 0. The Kier molecular flexibility index (Phi) is 5.17. The van der Waals surface area contributed by atoms with Gasteiger partial charge < -0.3 is 19.5 Å². The number of alkyl halides is 3. The molecule has 0 saturated carbocycles. The van der Waals surface area contributed by atoms with Crippen LogP contribution in [-0.2, 0) is 10.9 Å². The highest BCUT2D eigenvalue weighted by molar-refractivity contribution is 5.92. The highest BCUT2D eigenvalue weighted by atomic mass is 19.4. The van der Waals surface area contributed by atoms with Crippen molar-refractivity contribution in [3.63, 3.8) is 0 Å². The molecule has 0 aromatic carbocycles. The number of ether oxygens (including phenoxy) is 1. The van der Waals surface area contributed by atoms with E-state index in [4.69, 9.17) is 4.74 Å². The first-order chi connectivity index (χ1) is 13.3. The second-order valence-corrected chi connectivity index (χ2v) is 8.53. The molecule has 10 heteroatoms. The number of fused-ring (bicyclic) bond motifs is 1. The molecule has 2 atom stereocenters. The largest absolute Gasteiger partial charge is 0.444 e. The molecule has 1 aliphatic rings. The molecule has 1 amide bonds. The highest BCUT2D eigenvalue weighted by Gasteiger charge is 2.40. The molecule has 2 aromatic heterocycles. The highest BCUT2D eigenvalue weighted by Crippen LogP contribution is 2.41. The molecule has 3 heterocycles. The topological polar surface area (TPSA) is 74.4 Å². The zero-order chi connectivity index (χ0) is 21.7. The third-order valence-electron chi connectivity index (χ3n) is 4.93. The van der Waals surface area contributed by atoms with E-state index in [1.54, 1.807) is 30.6 Å². The molecule has 2 aromatic rings. The lowest BCUT2D eigenvalue weighted by Crippen LogP contribution is -2.59. The molecule has 1 fully saturated rings. The molecule has 0 bridgehead atoms. The van der Waals surface area contributed by atoms with Crippen LogP contribution in [0.3, 0.4) is 0 Å². The van der Waals surface area contributed by atoms with E-state index in [2.05, 4.69) is 15.0 Å². The van der Waals surface area contributed by atoms with Crippen LogP contribution in [0, 0.1) is 6.92 Å². The fourth-order valence-corrected chi connectivity index (χ4v) is 3.70. The summed E-state index contributed by atoms with van der Waals surface area (Å²) in [4.78, 5) is 26.8. The molecule has 1 saturated heterocycles. The summed E-state index contributed by atoms with van der Waals surface area (Å²) in [5, 5.41) is -0.0396. The van der Waals surface area contributed by atoms with Crippen LogP contribution in [-0.4, -0.2) is 56.7 Å². The first-order valence-electron chi connectivity index (χ1n) is 9.46. The van der Waals surface area contributed by atoms with Gasteiger partial charge in [-0.1, -0.05) is 0 Å². The van der Waals surface area contributed by atoms with Gasteiger partial charge in [0.15, 0.2) is 0 Å². The van der Waals surface area contributed by atoms with Crippen LogP contribution in [0.25, 0.3) is 11.0 Å². The van der Waals surface area contributed by atoms with Gasteiger partial charge in [0, 0.05) is 30.9 Å². The lowest BCUT2D eigenvalue weighted by atomic mass is 10.1. The van der Waals surface area contributed by atoms with E-state index >= 15 is 0 Å². The predicted molar refractivity (Wildman–Crippen MR) is 103 cm³/mol. The molecule has 0 radical (unpaired) electrons. The van der Waals surface area contributed by atoms with Crippen LogP contribution in [0.15, 0.2) is 6.33 Å². The quantitative estimate of drug-likeness (QED) is 0.761. The summed E-state index contributed by atoms with van der Waals surface area (Å²) in [6.07, 6.45) is -3.71. The monoisotopic (exact) mass is 413 g/mol. The van der Waals surface area contributed by atoms with Crippen LogP contribution in [0.4, 0.5) is 23.8 Å². The van der Waals surface area contributed by atoms with Gasteiger partial charge in [0.2, 0.25) is 0 Å². The van der Waals surface area contributed by atoms with E-state index in [-0.39, 0.29) is 34.6 Å². The number of rotatable bonds is 1. The van der Waals surface area contributed by atoms with Crippen molar-refractivity contribution in [2.45, 2.75) is 65.4 Å². The summed E-state index contributed by atoms with van der Waals surface area (Å²) in [5.41, 5.74) is -1.23. The smallest absolute Gasteiger partial charge is 0.418 e. The molecule has 160 valence electrons. The Morgan fingerprint density at radius 3 is 2.41 bits per heavy atom. The first kappa shape index (κ1) is 21.2. The SMILES string of the molecule is Cc1[nH]c2ncnc(N3C[C@H](C)N(C(=O)OC(C)(C)C)CC3C)c2c1C(F)(F)F. The van der Waals surface area contributed by atoms with Gasteiger partial charge in [-0.15, -0.1) is 0 Å². The molecule has 1 N–H and O–H groups in total. The van der Waals surface area contributed by atoms with E-state index in [9.17, 15) is 18.0 Å². The van der Waals surface area contributed by atoms with Crippen molar-refractivity contribution in [1.29, 1.82) is 0 Å². The third-order valence-corrected chi connectivity index (χ3v) is 4.93. The fraction of sp³-hybridized carbons (Fsp3) is 0.632. The summed E-state index contributed by atoms with van der Waals surface area (Å²) < 4.78 is 46.5. The maximum atomic E-state index is 13.7. The van der Waals surface area contributed by atoms with Crippen molar-refractivity contribution in [2.24, 2.45) is 0 Å². The van der Waals surface area contributed by atoms with Crippen molar-refractivity contribution in [1.82, 2.24) is 19.9 Å². The average Bonchev–Trinajstić information content (AvgIpc) is 2.90. The zero-order valence-corrected chi connectivity index (χ0v) is 17.4. The van der Waals surface area contributed by atoms with Crippen molar-refractivity contribution >= 4 is 22.9 Å². The van der Waals surface area contributed by atoms with Gasteiger partial charge >= 0.3 is 12.3 Å². The fourth-order valence-electron chi connectivity index (χ4n) is 3.70. The summed E-state index contributed by atoms with van der Waals surface area (Å²) in [5.74, 6) is 0.217. The van der Waals surface area contributed by atoms with E-state index < -0.39 is 23.4 Å². The summed E-state index contributed by atoms with van der Waals surface area (Å²) in [7, 11) is 0. The number of anilines is 1. The molecular formula is C19H26F3N5O2. The summed E-state index contributed by atoms with van der Waals surface area (Å²) in [6.45, 7) is 11.1. The second-order valence-electron chi connectivity index (χ2n) is 8.53. The van der Waals surface area contributed by atoms with E-state index in [1.165, 1.54) is 13.3 Å². The van der Waals surface area contributed by atoms with Crippen LogP contribution < -0.4 is 4.90 Å². The predicted octanol–water partition coefficient (Wildman–Crippen LogP) is 4.12. The maximum absolute atomic E-state index is 13.7. The lowest BCUT2D eigenvalue weighted by molar-refractivity contribution is -0.136. The number of carbonyl (C=O) groups is 1. The Balaban J connectivity index is 1.97. The Bertz CT molecular complexity index is 919. The van der Waals surface area contributed by atoms with Crippen molar-refractivity contribution in [3.8, 4) is 0 Å². The van der Waals surface area contributed by atoms with Gasteiger partial charge in [0.05, 0.1) is 10.9 Å². The van der Waals surface area contributed by atoms with Crippen molar-refractivity contribution in [3.05, 3.63) is 17.6 Å². The number of hydrogen-bond acceptors (Lipinski definition) is 5. The number of aromatic amines is 1. The van der Waals surface area contributed by atoms with Gasteiger partial charge in [-0.25, -0.2) is 14.8 Å². The number of amides is 1. The van der Waals surface area contributed by atoms with Gasteiger partial charge in [-0.2, -0.15) is 13.2 Å². The van der Waals surface area contributed by atoms with E-state index in [1.807, 2.05) is 13.8 Å². The Morgan fingerprint density at radius 1 is 1.17 bits per heavy atom. The minimum Gasteiger partial charge on any atom is -0.444 e. The number of carbonyl (C=O) groups excluding carboxylic acids is 1. The molecule has 3 rings (SSSR count). The van der Waals surface area contributed by atoms with E-state index in [0.717, 1.165) is 0 Å². The minimum atomic E-state index is -4.53. The normalized spacial score (nSPS) is 21.0.